The summed E-state index contributed by atoms with van der Waals surface area (Å²) in [6, 6.07) is 4.90. The van der Waals surface area contributed by atoms with Gasteiger partial charge in [0.1, 0.15) is 0 Å². The topological polar surface area (TPSA) is 26.2 Å². The van der Waals surface area contributed by atoms with E-state index in [0.29, 0.717) is 6.04 Å². The summed E-state index contributed by atoms with van der Waals surface area (Å²) >= 11 is 0. The van der Waals surface area contributed by atoms with Crippen molar-refractivity contribution >= 4 is 0 Å². The van der Waals surface area contributed by atoms with Gasteiger partial charge in [-0.1, -0.05) is 6.92 Å². The van der Waals surface area contributed by atoms with Gasteiger partial charge in [0, 0.05) is 38.2 Å². The summed E-state index contributed by atoms with van der Waals surface area (Å²) in [5.74, 6) is 0. The minimum absolute atomic E-state index is 0.589. The van der Waals surface area contributed by atoms with Gasteiger partial charge in [0.2, 0.25) is 0 Å². The maximum absolute atomic E-state index is 5.01. The fourth-order valence-electron chi connectivity index (χ4n) is 1.76. The first-order valence-electron chi connectivity index (χ1n) is 6.15. The van der Waals surface area contributed by atoms with Crippen LogP contribution in [0.5, 0.6) is 0 Å². The van der Waals surface area contributed by atoms with E-state index < -0.39 is 0 Å². The minimum atomic E-state index is 0.589. The summed E-state index contributed by atoms with van der Waals surface area (Å²) < 4.78 is 7.36. The third-order valence-electron chi connectivity index (χ3n) is 2.94. The first-order valence-corrected chi connectivity index (χ1v) is 6.15. The molecule has 0 unspecified atom stereocenters. The summed E-state index contributed by atoms with van der Waals surface area (Å²) in [7, 11) is 1.74. The van der Waals surface area contributed by atoms with Gasteiger partial charge in [0.15, 0.2) is 0 Å². The number of ether oxygens (including phenoxy) is 1. The number of methoxy groups -OCH3 is 1. The van der Waals surface area contributed by atoms with Crippen molar-refractivity contribution in [3.63, 3.8) is 0 Å². The number of hydrogen-bond acceptors (Lipinski definition) is 2. The van der Waals surface area contributed by atoms with Crippen molar-refractivity contribution in [3.05, 3.63) is 24.0 Å². The molecule has 3 heteroatoms. The van der Waals surface area contributed by atoms with Gasteiger partial charge < -0.3 is 14.6 Å². The molecule has 16 heavy (non-hydrogen) atoms. The average molecular weight is 224 g/mol. The molecule has 1 aromatic heterocycles. The van der Waals surface area contributed by atoms with Crippen LogP contribution in [0, 0.1) is 0 Å². The number of aromatic nitrogens is 1. The number of rotatable bonds is 8. The largest absolute Gasteiger partial charge is 0.385 e. The van der Waals surface area contributed by atoms with Gasteiger partial charge in [-0.25, -0.2) is 0 Å². The Bertz CT molecular complexity index is 283. The molecule has 92 valence electrons. The van der Waals surface area contributed by atoms with Crippen LogP contribution in [-0.4, -0.2) is 24.8 Å². The van der Waals surface area contributed by atoms with Crippen LogP contribution in [-0.2, 0) is 11.3 Å². The lowest BCUT2D eigenvalue weighted by Gasteiger charge is -2.16. The van der Waals surface area contributed by atoms with Crippen LogP contribution in [0.1, 0.15) is 38.4 Å². The Morgan fingerprint density at radius 2 is 2.31 bits per heavy atom. The first kappa shape index (κ1) is 13.3. The van der Waals surface area contributed by atoms with Crippen molar-refractivity contribution in [2.75, 3.05) is 20.3 Å². The van der Waals surface area contributed by atoms with E-state index in [2.05, 4.69) is 42.1 Å². The van der Waals surface area contributed by atoms with Crippen molar-refractivity contribution in [1.82, 2.24) is 9.88 Å². The molecule has 0 saturated carbocycles. The minimum Gasteiger partial charge on any atom is -0.385 e. The lowest BCUT2D eigenvalue weighted by molar-refractivity contribution is 0.194. The highest BCUT2D eigenvalue weighted by Crippen LogP contribution is 2.14. The Morgan fingerprint density at radius 3 is 3.00 bits per heavy atom. The predicted octanol–water partition coefficient (Wildman–Crippen LogP) is 2.59. The van der Waals surface area contributed by atoms with E-state index >= 15 is 0 Å². The third kappa shape index (κ3) is 3.99. The second kappa shape index (κ2) is 7.47. The summed E-state index contributed by atoms with van der Waals surface area (Å²) in [5.41, 5.74) is 1.37. The summed E-state index contributed by atoms with van der Waals surface area (Å²) in [4.78, 5) is 0. The highest BCUT2D eigenvalue weighted by Gasteiger charge is 2.05. The molecule has 0 amide bonds. The molecular weight excluding hydrogens is 200 g/mol. The van der Waals surface area contributed by atoms with Crippen LogP contribution in [0.4, 0.5) is 0 Å². The lowest BCUT2D eigenvalue weighted by Crippen LogP contribution is -2.19. The molecule has 1 heterocycles. The summed E-state index contributed by atoms with van der Waals surface area (Å²) in [6.07, 6.45) is 4.41. The molecule has 0 aliphatic heterocycles. The average Bonchev–Trinajstić information content (AvgIpc) is 2.76. The molecule has 0 fully saturated rings. The van der Waals surface area contributed by atoms with Crippen LogP contribution < -0.4 is 5.32 Å². The number of nitrogens with one attached hydrogen (secondary N) is 1. The van der Waals surface area contributed by atoms with Crippen LogP contribution >= 0.6 is 0 Å². The highest BCUT2D eigenvalue weighted by atomic mass is 16.5. The van der Waals surface area contributed by atoms with Gasteiger partial charge >= 0.3 is 0 Å². The first-order chi connectivity index (χ1) is 7.79. The highest BCUT2D eigenvalue weighted by molar-refractivity contribution is 5.08. The molecule has 0 bridgehead atoms. The zero-order chi connectivity index (χ0) is 11.8. The standard InChI is InChI=1S/C13H24N2O/c1-4-12(2)15-9-5-7-13(15)11-14-8-6-10-16-3/h5,7,9,12,14H,4,6,8,10-11H2,1-3H3/t12-/m1/s1. The maximum atomic E-state index is 5.01. The molecule has 0 spiro atoms. The Labute approximate surface area is 98.8 Å². The second-order valence-electron chi connectivity index (χ2n) is 4.19. The van der Waals surface area contributed by atoms with Gasteiger partial charge in [-0.3, -0.25) is 0 Å². The van der Waals surface area contributed by atoms with E-state index in [1.54, 1.807) is 7.11 Å². The number of nitrogens with zero attached hydrogens (tertiary/aromatic N) is 1. The Morgan fingerprint density at radius 1 is 1.50 bits per heavy atom. The van der Waals surface area contributed by atoms with Crippen molar-refractivity contribution in [2.45, 2.75) is 39.3 Å². The van der Waals surface area contributed by atoms with Crippen LogP contribution in [0.15, 0.2) is 18.3 Å². The second-order valence-corrected chi connectivity index (χ2v) is 4.19. The molecule has 3 nitrogen and oxygen atoms in total. The van der Waals surface area contributed by atoms with Gasteiger partial charge in [-0.05, 0) is 38.4 Å². The van der Waals surface area contributed by atoms with Crippen molar-refractivity contribution in [2.24, 2.45) is 0 Å². The van der Waals surface area contributed by atoms with Crippen LogP contribution in [0.2, 0.25) is 0 Å². The zero-order valence-corrected chi connectivity index (χ0v) is 10.7. The fraction of sp³-hybridized carbons (Fsp3) is 0.692. The Balaban J connectivity index is 2.33. The number of hydrogen-bond donors (Lipinski definition) is 1. The molecule has 0 aliphatic rings. The van der Waals surface area contributed by atoms with Crippen LogP contribution in [0.25, 0.3) is 0 Å². The zero-order valence-electron chi connectivity index (χ0n) is 10.7. The van der Waals surface area contributed by atoms with E-state index in [1.807, 2.05) is 0 Å². The summed E-state index contributed by atoms with van der Waals surface area (Å²) in [6.45, 7) is 7.27. The molecule has 1 rings (SSSR count). The molecule has 1 N–H and O–H groups in total. The molecule has 0 saturated heterocycles. The molecule has 0 aliphatic carbocycles. The molecule has 1 atom stereocenters. The van der Waals surface area contributed by atoms with E-state index in [-0.39, 0.29) is 0 Å². The SMILES string of the molecule is CC[C@@H](C)n1cccc1CNCCCOC. The molecule has 1 aromatic rings. The molecule has 0 aromatic carbocycles. The van der Waals surface area contributed by atoms with Gasteiger partial charge in [-0.2, -0.15) is 0 Å². The van der Waals surface area contributed by atoms with Gasteiger partial charge in [-0.15, -0.1) is 0 Å². The van der Waals surface area contributed by atoms with E-state index in [9.17, 15) is 0 Å². The quantitative estimate of drug-likeness (QED) is 0.687. The van der Waals surface area contributed by atoms with Crippen molar-refractivity contribution in [3.8, 4) is 0 Å². The Hall–Kier alpha value is -0.800. The van der Waals surface area contributed by atoms with E-state index in [4.69, 9.17) is 4.74 Å². The van der Waals surface area contributed by atoms with Crippen molar-refractivity contribution < 1.29 is 4.74 Å². The van der Waals surface area contributed by atoms with Gasteiger partial charge in [0.25, 0.3) is 0 Å². The predicted molar refractivity (Wildman–Crippen MR) is 67.6 cm³/mol. The Kier molecular flexibility index (Phi) is 6.19. The van der Waals surface area contributed by atoms with E-state index in [0.717, 1.165) is 26.1 Å². The molecule has 0 radical (unpaired) electrons. The third-order valence-corrected chi connectivity index (χ3v) is 2.94. The van der Waals surface area contributed by atoms with Gasteiger partial charge in [0.05, 0.1) is 0 Å². The monoisotopic (exact) mass is 224 g/mol. The lowest BCUT2D eigenvalue weighted by atomic mass is 10.2. The summed E-state index contributed by atoms with van der Waals surface area (Å²) in [5, 5.41) is 3.44. The normalized spacial score (nSPS) is 12.9. The van der Waals surface area contributed by atoms with E-state index in [1.165, 1.54) is 12.1 Å². The van der Waals surface area contributed by atoms with Crippen molar-refractivity contribution in [1.29, 1.82) is 0 Å². The molecular formula is C13H24N2O. The van der Waals surface area contributed by atoms with Crippen LogP contribution in [0.3, 0.4) is 0 Å². The fourth-order valence-corrected chi connectivity index (χ4v) is 1.76. The maximum Gasteiger partial charge on any atom is 0.0474 e. The smallest absolute Gasteiger partial charge is 0.0474 e.